The summed E-state index contributed by atoms with van der Waals surface area (Å²) in [7, 11) is 0. The quantitative estimate of drug-likeness (QED) is 0.518. The van der Waals surface area contributed by atoms with E-state index in [4.69, 9.17) is 0 Å². The molecular weight excluding hydrogens is 168 g/mol. The van der Waals surface area contributed by atoms with E-state index >= 15 is 0 Å². The molecule has 0 heterocycles. The summed E-state index contributed by atoms with van der Waals surface area (Å²) in [6.45, 7) is 20.3. The van der Waals surface area contributed by atoms with Crippen molar-refractivity contribution in [2.45, 2.75) is 62.3 Å². The maximum absolute atomic E-state index is 3.65. The largest absolute Gasteiger partial charge is 0.0564 e. The molecule has 0 amide bonds. The van der Waals surface area contributed by atoms with Crippen molar-refractivity contribution < 1.29 is 0 Å². The first kappa shape index (κ1) is 13.7. The highest BCUT2D eigenvalue weighted by Crippen LogP contribution is 2.40. The van der Waals surface area contributed by atoms with Crippen LogP contribution in [-0.2, 0) is 0 Å². The van der Waals surface area contributed by atoms with Crippen molar-refractivity contribution in [3.63, 3.8) is 0 Å². The second-order valence-corrected chi connectivity index (χ2v) is 7.25. The minimum Gasteiger partial charge on any atom is -0.0564 e. The van der Waals surface area contributed by atoms with Crippen molar-refractivity contribution in [1.82, 2.24) is 0 Å². The Labute approximate surface area is 90.8 Å². The van der Waals surface area contributed by atoms with Gasteiger partial charge in [0.2, 0.25) is 0 Å². The van der Waals surface area contributed by atoms with Gasteiger partial charge in [0.25, 0.3) is 0 Å². The number of rotatable bonds is 0. The molecule has 1 radical (unpaired) electrons. The first-order valence-electron chi connectivity index (χ1n) is 5.50. The smallest absolute Gasteiger partial charge is 0.0129 e. The van der Waals surface area contributed by atoms with Crippen LogP contribution in [0.25, 0.3) is 0 Å². The summed E-state index contributed by atoms with van der Waals surface area (Å²) in [5.41, 5.74) is 2.00. The van der Waals surface area contributed by atoms with Crippen molar-refractivity contribution in [3.8, 4) is 0 Å². The Balaban J connectivity index is 5.26. The zero-order valence-electron chi connectivity index (χ0n) is 11.5. The van der Waals surface area contributed by atoms with Crippen LogP contribution in [0.3, 0.4) is 0 Å². The Morgan fingerprint density at radius 2 is 0.929 bits per heavy atom. The summed E-state index contributed by atoms with van der Waals surface area (Å²) in [6.07, 6.45) is 3.65. The minimum absolute atomic E-state index is 0.149. The summed E-state index contributed by atoms with van der Waals surface area (Å²) < 4.78 is 0. The van der Waals surface area contributed by atoms with E-state index in [2.05, 4.69) is 68.4 Å². The summed E-state index contributed by atoms with van der Waals surface area (Å²) in [6, 6.07) is 0. The van der Waals surface area contributed by atoms with E-state index in [0.29, 0.717) is 0 Å². The van der Waals surface area contributed by atoms with E-state index in [-0.39, 0.29) is 16.2 Å². The third-order valence-electron chi connectivity index (χ3n) is 2.00. The van der Waals surface area contributed by atoms with Crippen LogP contribution in [-0.4, -0.2) is 0 Å². The van der Waals surface area contributed by atoms with E-state index < -0.39 is 0 Å². The van der Waals surface area contributed by atoms with Gasteiger partial charge in [-0.15, -0.1) is 0 Å². The molecule has 0 aromatic carbocycles. The Morgan fingerprint density at radius 3 is 1.00 bits per heavy atom. The molecule has 0 nitrogen and oxygen atoms in total. The maximum atomic E-state index is 3.65. The Kier molecular flexibility index (Phi) is 3.65. The zero-order valence-corrected chi connectivity index (χ0v) is 11.5. The molecule has 0 fully saturated rings. The van der Waals surface area contributed by atoms with Gasteiger partial charge in [-0.1, -0.05) is 67.9 Å². The molecule has 14 heavy (non-hydrogen) atoms. The molecular formula is C14H27. The van der Waals surface area contributed by atoms with Crippen molar-refractivity contribution in [2.24, 2.45) is 16.2 Å². The molecule has 0 unspecified atom stereocenters. The Morgan fingerprint density at radius 1 is 0.643 bits per heavy atom. The molecule has 0 aliphatic rings. The van der Waals surface area contributed by atoms with Gasteiger partial charge in [-0.3, -0.25) is 0 Å². The van der Waals surface area contributed by atoms with Crippen LogP contribution >= 0.6 is 0 Å². The molecule has 83 valence electrons. The van der Waals surface area contributed by atoms with Gasteiger partial charge in [-0.25, -0.2) is 0 Å². The van der Waals surface area contributed by atoms with E-state index in [1.54, 1.807) is 0 Å². The number of hydrogen-bond acceptors (Lipinski definition) is 0. The molecule has 0 atom stereocenters. The Hall–Kier alpha value is -0.260. The summed E-state index contributed by atoms with van der Waals surface area (Å²) in [4.78, 5) is 0. The van der Waals surface area contributed by atoms with Gasteiger partial charge in [0.05, 0.1) is 0 Å². The van der Waals surface area contributed by atoms with Crippen molar-refractivity contribution >= 4 is 0 Å². The molecule has 0 rings (SSSR count). The molecule has 0 aromatic heterocycles. The van der Waals surface area contributed by atoms with Crippen LogP contribution in [0, 0.1) is 22.3 Å². The highest BCUT2D eigenvalue weighted by Gasteiger charge is 2.29. The lowest BCUT2D eigenvalue weighted by Crippen LogP contribution is -2.24. The molecule has 0 saturated heterocycles. The normalized spacial score (nSPS) is 14.1. The fraction of sp³-hybridized carbons (Fsp3) is 0.857. The van der Waals surface area contributed by atoms with Crippen molar-refractivity contribution in [3.05, 3.63) is 11.6 Å². The van der Waals surface area contributed by atoms with Gasteiger partial charge < -0.3 is 0 Å². The van der Waals surface area contributed by atoms with E-state index in [0.717, 1.165) is 0 Å². The number of allylic oxidation sites excluding steroid dienone is 2. The van der Waals surface area contributed by atoms with Gasteiger partial charge in [-0.2, -0.15) is 0 Å². The molecule has 0 aromatic rings. The standard InChI is InChI=1S/C14H27/c1-12(2,3)10-11(13(4,5)6)14(7,8)9/h1-9H3. The monoisotopic (exact) mass is 195 g/mol. The minimum atomic E-state index is 0.149. The highest BCUT2D eigenvalue weighted by molar-refractivity contribution is 5.16. The average molecular weight is 195 g/mol. The van der Waals surface area contributed by atoms with Crippen molar-refractivity contribution in [1.29, 1.82) is 0 Å². The molecule has 0 saturated carbocycles. The molecule has 0 aliphatic carbocycles. The Bertz CT molecular complexity index is 194. The third-order valence-corrected chi connectivity index (χ3v) is 2.00. The van der Waals surface area contributed by atoms with Gasteiger partial charge in [-0.05, 0) is 22.3 Å². The molecule has 0 spiro atoms. The second kappa shape index (κ2) is 3.72. The van der Waals surface area contributed by atoms with Gasteiger partial charge in [0.1, 0.15) is 0 Å². The van der Waals surface area contributed by atoms with Gasteiger partial charge >= 0.3 is 0 Å². The lowest BCUT2D eigenvalue weighted by atomic mass is 9.69. The van der Waals surface area contributed by atoms with Crippen LogP contribution in [0.1, 0.15) is 62.3 Å². The SMILES string of the molecule is CC(C)(C)[C]=C(C(C)(C)C)C(C)(C)C. The van der Waals surface area contributed by atoms with Crippen LogP contribution in [0.15, 0.2) is 5.57 Å². The number of hydrogen-bond donors (Lipinski definition) is 0. The molecule has 0 N–H and O–H groups in total. The van der Waals surface area contributed by atoms with E-state index in [1.165, 1.54) is 5.57 Å². The molecule has 0 bridgehead atoms. The predicted octanol–water partition coefficient (Wildman–Crippen LogP) is 4.85. The topological polar surface area (TPSA) is 0 Å². The zero-order chi connectivity index (χ0) is 11.8. The summed E-state index contributed by atoms with van der Waals surface area (Å²) >= 11 is 0. The van der Waals surface area contributed by atoms with Gasteiger partial charge in [0.15, 0.2) is 0 Å². The van der Waals surface area contributed by atoms with Gasteiger partial charge in [0, 0.05) is 0 Å². The van der Waals surface area contributed by atoms with Crippen LogP contribution in [0.4, 0.5) is 0 Å². The first-order valence-corrected chi connectivity index (χ1v) is 5.50. The first-order chi connectivity index (χ1) is 5.84. The lowest BCUT2D eigenvalue weighted by molar-refractivity contribution is 0.342. The van der Waals surface area contributed by atoms with E-state index in [9.17, 15) is 0 Å². The fourth-order valence-corrected chi connectivity index (χ4v) is 1.88. The fourth-order valence-electron chi connectivity index (χ4n) is 1.88. The second-order valence-electron chi connectivity index (χ2n) is 7.25. The maximum Gasteiger partial charge on any atom is -0.0129 e. The van der Waals surface area contributed by atoms with Crippen LogP contribution < -0.4 is 0 Å². The highest BCUT2D eigenvalue weighted by atomic mass is 14.3. The molecule has 0 heteroatoms. The lowest BCUT2D eigenvalue weighted by Gasteiger charge is -2.35. The summed E-state index contributed by atoms with van der Waals surface area (Å²) in [5.74, 6) is 0. The van der Waals surface area contributed by atoms with E-state index in [1.807, 2.05) is 0 Å². The predicted molar refractivity (Wildman–Crippen MR) is 65.1 cm³/mol. The molecule has 0 aliphatic heterocycles. The van der Waals surface area contributed by atoms with Crippen molar-refractivity contribution in [2.75, 3.05) is 0 Å². The van der Waals surface area contributed by atoms with Crippen LogP contribution in [0.2, 0.25) is 0 Å². The average Bonchev–Trinajstić information content (AvgIpc) is 1.75. The van der Waals surface area contributed by atoms with Crippen LogP contribution in [0.5, 0.6) is 0 Å². The third kappa shape index (κ3) is 4.83. The summed E-state index contributed by atoms with van der Waals surface area (Å²) in [5, 5.41) is 0.